The van der Waals surface area contributed by atoms with Crippen molar-refractivity contribution in [1.82, 2.24) is 25.1 Å². The fourth-order valence-electron chi connectivity index (χ4n) is 5.58. The van der Waals surface area contributed by atoms with E-state index in [2.05, 4.69) is 5.32 Å². The molecular weight excluding hydrogens is 490 g/mol. The Morgan fingerprint density at radius 2 is 1.49 bits per heavy atom. The maximum Gasteiger partial charge on any atom is 0.334 e. The van der Waals surface area contributed by atoms with Crippen LogP contribution in [0.2, 0.25) is 0 Å². The highest BCUT2D eigenvalue weighted by molar-refractivity contribution is 5.92. The van der Waals surface area contributed by atoms with E-state index in [1.807, 2.05) is 110 Å². The van der Waals surface area contributed by atoms with Crippen molar-refractivity contribution in [2.24, 2.45) is 0 Å². The average Bonchev–Trinajstić information content (AvgIpc) is 2.98. The lowest BCUT2D eigenvalue weighted by Crippen LogP contribution is -2.76. The van der Waals surface area contributed by atoms with E-state index in [-0.39, 0.29) is 37.0 Å². The summed E-state index contributed by atoms with van der Waals surface area (Å²) in [5.74, 6) is -0.246. The van der Waals surface area contributed by atoms with Gasteiger partial charge in [0.25, 0.3) is 0 Å². The average molecular weight is 526 g/mol. The number of nitrogens with one attached hydrogen (secondary N) is 1. The van der Waals surface area contributed by atoms with Crippen LogP contribution in [0.25, 0.3) is 0 Å². The Kier molecular flexibility index (Phi) is 7.93. The van der Waals surface area contributed by atoms with Gasteiger partial charge < -0.3 is 15.1 Å². The summed E-state index contributed by atoms with van der Waals surface area (Å²) in [6.07, 6.45) is -0.245. The quantitative estimate of drug-likeness (QED) is 0.509. The molecule has 1 N–H and O–H groups in total. The maximum absolute atomic E-state index is 14.1. The highest BCUT2D eigenvalue weighted by Gasteiger charge is 2.51. The SMILES string of the molecule is CCN1CC(=O)N2[C@@H](Cc3ccccc3)C(=O)N([C@@H](C)c3ccccc3)C[C@@H]2N1C(=O)NCc1ccccc1. The molecule has 3 atom stereocenters. The molecular formula is C31H35N5O3. The lowest BCUT2D eigenvalue weighted by molar-refractivity contribution is -0.191. The molecule has 3 aromatic rings. The largest absolute Gasteiger partial charge is 0.334 e. The highest BCUT2D eigenvalue weighted by atomic mass is 16.2. The number of hydrazine groups is 1. The van der Waals surface area contributed by atoms with Crippen molar-refractivity contribution in [2.45, 2.75) is 45.1 Å². The summed E-state index contributed by atoms with van der Waals surface area (Å²) in [5.41, 5.74) is 2.96. The smallest absolute Gasteiger partial charge is 0.333 e. The van der Waals surface area contributed by atoms with Crippen molar-refractivity contribution >= 4 is 17.8 Å². The van der Waals surface area contributed by atoms with Crippen LogP contribution in [-0.4, -0.2) is 69.5 Å². The van der Waals surface area contributed by atoms with Gasteiger partial charge in [0.1, 0.15) is 12.2 Å². The van der Waals surface area contributed by atoms with Crippen molar-refractivity contribution in [3.63, 3.8) is 0 Å². The predicted octanol–water partition coefficient (Wildman–Crippen LogP) is 3.82. The molecule has 0 unspecified atom stereocenters. The van der Waals surface area contributed by atoms with Crippen molar-refractivity contribution < 1.29 is 14.4 Å². The van der Waals surface area contributed by atoms with Crippen LogP contribution in [0.15, 0.2) is 91.0 Å². The summed E-state index contributed by atoms with van der Waals surface area (Å²) in [7, 11) is 0. The molecule has 2 aliphatic rings. The lowest BCUT2D eigenvalue weighted by atomic mass is 9.96. The molecule has 2 fully saturated rings. The number of carbonyl (C=O) groups is 3. The van der Waals surface area contributed by atoms with Gasteiger partial charge in [0.2, 0.25) is 11.8 Å². The van der Waals surface area contributed by atoms with Crippen LogP contribution >= 0.6 is 0 Å². The van der Waals surface area contributed by atoms with Crippen LogP contribution in [0.5, 0.6) is 0 Å². The van der Waals surface area contributed by atoms with Crippen LogP contribution in [0, 0.1) is 0 Å². The van der Waals surface area contributed by atoms with Gasteiger partial charge in [-0.2, -0.15) is 0 Å². The molecule has 0 bridgehead atoms. The molecule has 8 nitrogen and oxygen atoms in total. The molecule has 0 aliphatic carbocycles. The zero-order valence-corrected chi connectivity index (χ0v) is 22.4. The van der Waals surface area contributed by atoms with Gasteiger partial charge >= 0.3 is 6.03 Å². The van der Waals surface area contributed by atoms with E-state index < -0.39 is 12.2 Å². The normalized spacial score (nSPS) is 20.5. The Morgan fingerprint density at radius 3 is 2.10 bits per heavy atom. The van der Waals surface area contributed by atoms with Crippen molar-refractivity contribution in [3.8, 4) is 0 Å². The number of nitrogens with zero attached hydrogens (tertiary/aromatic N) is 4. The van der Waals surface area contributed by atoms with Crippen LogP contribution in [0.1, 0.15) is 36.6 Å². The molecule has 2 saturated heterocycles. The minimum Gasteiger partial charge on any atom is -0.333 e. The first-order valence-corrected chi connectivity index (χ1v) is 13.5. The topological polar surface area (TPSA) is 76.2 Å². The first-order chi connectivity index (χ1) is 19.0. The molecule has 3 aromatic carbocycles. The van der Waals surface area contributed by atoms with Gasteiger partial charge in [-0.15, -0.1) is 0 Å². The summed E-state index contributed by atoms with van der Waals surface area (Å²) in [6, 6.07) is 28.1. The van der Waals surface area contributed by atoms with Crippen LogP contribution in [0.4, 0.5) is 4.79 Å². The summed E-state index contributed by atoms with van der Waals surface area (Å²) < 4.78 is 0. The van der Waals surface area contributed by atoms with Gasteiger partial charge in [-0.05, 0) is 23.6 Å². The monoisotopic (exact) mass is 525 g/mol. The number of urea groups is 1. The van der Waals surface area contributed by atoms with Crippen molar-refractivity contribution in [3.05, 3.63) is 108 Å². The Hall–Kier alpha value is -4.17. The van der Waals surface area contributed by atoms with Gasteiger partial charge in [-0.3, -0.25) is 9.59 Å². The Balaban J connectivity index is 1.50. The van der Waals surface area contributed by atoms with Crippen molar-refractivity contribution in [1.29, 1.82) is 0 Å². The van der Waals surface area contributed by atoms with Gasteiger partial charge in [0.05, 0.1) is 19.1 Å². The number of hydrogen-bond acceptors (Lipinski definition) is 4. The fraction of sp³-hybridized carbons (Fsp3) is 0.323. The second-order valence-electron chi connectivity index (χ2n) is 10.0. The maximum atomic E-state index is 14.1. The molecule has 2 heterocycles. The molecule has 0 spiro atoms. The first kappa shape index (κ1) is 26.4. The molecule has 0 radical (unpaired) electrons. The molecule has 0 saturated carbocycles. The third kappa shape index (κ3) is 5.52. The third-order valence-electron chi connectivity index (χ3n) is 7.66. The zero-order valence-electron chi connectivity index (χ0n) is 22.4. The third-order valence-corrected chi connectivity index (χ3v) is 7.66. The first-order valence-electron chi connectivity index (χ1n) is 13.5. The van der Waals surface area contributed by atoms with Crippen LogP contribution in [-0.2, 0) is 22.6 Å². The van der Waals surface area contributed by atoms with Gasteiger partial charge in [-0.25, -0.2) is 14.8 Å². The Labute approximate surface area is 229 Å². The van der Waals surface area contributed by atoms with E-state index in [1.54, 1.807) is 14.9 Å². The summed E-state index contributed by atoms with van der Waals surface area (Å²) >= 11 is 0. The summed E-state index contributed by atoms with van der Waals surface area (Å²) in [4.78, 5) is 44.9. The number of carbonyl (C=O) groups excluding carboxylic acids is 3. The molecule has 0 aromatic heterocycles. The Morgan fingerprint density at radius 1 is 0.897 bits per heavy atom. The minimum atomic E-state index is -0.715. The molecule has 39 heavy (non-hydrogen) atoms. The molecule has 2 aliphatic heterocycles. The minimum absolute atomic E-state index is 0.0402. The Bertz CT molecular complexity index is 1290. The molecule has 4 amide bonds. The van der Waals surface area contributed by atoms with Crippen LogP contribution < -0.4 is 5.32 Å². The lowest BCUT2D eigenvalue weighted by Gasteiger charge is -2.56. The zero-order chi connectivity index (χ0) is 27.4. The second-order valence-corrected chi connectivity index (χ2v) is 10.0. The number of hydrogen-bond donors (Lipinski definition) is 1. The standard InChI is InChI=1S/C31H35N5O3/c1-3-33-22-29(37)35-27(19-24-13-7-4-8-14-24)30(38)34(23(2)26-17-11-6-12-18-26)21-28(35)36(33)31(39)32-20-25-15-9-5-10-16-25/h4-18,23,27-28H,3,19-22H2,1-2H3,(H,32,39)/t23-,27-,28-/m0/s1. The number of rotatable bonds is 7. The van der Waals surface area contributed by atoms with E-state index in [9.17, 15) is 14.4 Å². The fourth-order valence-corrected chi connectivity index (χ4v) is 5.58. The van der Waals surface area contributed by atoms with E-state index in [4.69, 9.17) is 0 Å². The molecule has 5 rings (SSSR count). The van der Waals surface area contributed by atoms with Gasteiger partial charge in [0.15, 0.2) is 0 Å². The second kappa shape index (κ2) is 11.7. The summed E-state index contributed by atoms with van der Waals surface area (Å²) in [6.45, 7) is 5.05. The molecule has 8 heteroatoms. The van der Waals surface area contributed by atoms with E-state index >= 15 is 0 Å². The number of piperazine rings is 1. The highest BCUT2D eigenvalue weighted by Crippen LogP contribution is 2.32. The van der Waals surface area contributed by atoms with Gasteiger partial charge in [-0.1, -0.05) is 97.9 Å². The number of amides is 4. The van der Waals surface area contributed by atoms with Crippen molar-refractivity contribution in [2.75, 3.05) is 19.6 Å². The predicted molar refractivity (Wildman–Crippen MR) is 149 cm³/mol. The van der Waals surface area contributed by atoms with E-state index in [0.717, 1.165) is 16.7 Å². The van der Waals surface area contributed by atoms with E-state index in [0.29, 0.717) is 19.5 Å². The number of likely N-dealkylation sites (N-methyl/N-ethyl adjacent to an activating group) is 1. The molecule has 202 valence electrons. The van der Waals surface area contributed by atoms with Gasteiger partial charge in [0, 0.05) is 19.5 Å². The van der Waals surface area contributed by atoms with E-state index in [1.165, 1.54) is 0 Å². The number of benzene rings is 3. The summed E-state index contributed by atoms with van der Waals surface area (Å²) in [5, 5.41) is 6.47. The number of fused-ring (bicyclic) bond motifs is 1. The van der Waals surface area contributed by atoms with Crippen LogP contribution in [0.3, 0.4) is 0 Å².